The third-order valence-corrected chi connectivity index (χ3v) is 3.67. The molecule has 2 nitrogen and oxygen atoms in total. The molecule has 2 unspecified atom stereocenters. The summed E-state index contributed by atoms with van der Waals surface area (Å²) in [4.78, 5) is 2.42. The van der Waals surface area contributed by atoms with Crippen molar-refractivity contribution in [2.24, 2.45) is 11.7 Å². The Balaban J connectivity index is 1.99. The van der Waals surface area contributed by atoms with Gasteiger partial charge in [0.2, 0.25) is 0 Å². The van der Waals surface area contributed by atoms with Crippen LogP contribution in [-0.2, 0) is 6.54 Å². The van der Waals surface area contributed by atoms with E-state index in [1.807, 2.05) is 12.1 Å². The number of rotatable bonds is 3. The molecule has 2 N–H and O–H groups in total. The lowest BCUT2D eigenvalue weighted by Crippen LogP contribution is -2.45. The molecule has 0 amide bonds. The molecule has 1 aliphatic rings. The van der Waals surface area contributed by atoms with Gasteiger partial charge in [0, 0.05) is 19.1 Å². The number of halogens is 1. The van der Waals surface area contributed by atoms with Crippen LogP contribution in [0.4, 0.5) is 4.39 Å². The average Bonchev–Trinajstić information content (AvgIpc) is 2.34. The van der Waals surface area contributed by atoms with Gasteiger partial charge in [-0.3, -0.25) is 4.90 Å². The lowest BCUT2D eigenvalue weighted by Gasteiger charge is -2.38. The molecule has 1 aromatic rings. The van der Waals surface area contributed by atoms with Crippen molar-refractivity contribution in [2.45, 2.75) is 32.4 Å². The van der Waals surface area contributed by atoms with E-state index in [1.165, 1.54) is 30.5 Å². The van der Waals surface area contributed by atoms with Gasteiger partial charge in [-0.25, -0.2) is 4.39 Å². The maximum atomic E-state index is 12.8. The molecule has 1 aliphatic heterocycles. The highest BCUT2D eigenvalue weighted by atomic mass is 19.1. The van der Waals surface area contributed by atoms with E-state index in [1.54, 1.807) is 0 Å². The first-order valence-electron chi connectivity index (χ1n) is 6.37. The fourth-order valence-electron chi connectivity index (χ4n) is 2.58. The number of hydrogen-bond acceptors (Lipinski definition) is 2. The van der Waals surface area contributed by atoms with Gasteiger partial charge in [0.25, 0.3) is 0 Å². The van der Waals surface area contributed by atoms with E-state index < -0.39 is 0 Å². The van der Waals surface area contributed by atoms with Crippen LogP contribution in [-0.4, -0.2) is 24.0 Å². The van der Waals surface area contributed by atoms with Crippen LogP contribution in [0.25, 0.3) is 0 Å². The fourth-order valence-corrected chi connectivity index (χ4v) is 2.58. The first-order valence-corrected chi connectivity index (χ1v) is 6.37. The number of likely N-dealkylation sites (tertiary alicyclic amines) is 1. The third kappa shape index (κ3) is 3.27. The zero-order valence-corrected chi connectivity index (χ0v) is 10.4. The summed E-state index contributed by atoms with van der Waals surface area (Å²) in [6.45, 7) is 4.98. The van der Waals surface area contributed by atoms with Gasteiger partial charge in [0.05, 0.1) is 0 Å². The van der Waals surface area contributed by atoms with E-state index >= 15 is 0 Å². The Bertz CT molecular complexity index is 350. The van der Waals surface area contributed by atoms with Crippen molar-refractivity contribution in [3.8, 4) is 0 Å². The van der Waals surface area contributed by atoms with Crippen LogP contribution >= 0.6 is 0 Å². The Kier molecular flexibility index (Phi) is 4.13. The summed E-state index contributed by atoms with van der Waals surface area (Å²) in [6.07, 6.45) is 2.41. The van der Waals surface area contributed by atoms with Crippen LogP contribution in [0.2, 0.25) is 0 Å². The summed E-state index contributed by atoms with van der Waals surface area (Å²) < 4.78 is 12.8. The zero-order chi connectivity index (χ0) is 12.3. The van der Waals surface area contributed by atoms with Crippen molar-refractivity contribution in [2.75, 3.05) is 13.1 Å². The number of piperidine rings is 1. The van der Waals surface area contributed by atoms with E-state index in [0.717, 1.165) is 19.0 Å². The van der Waals surface area contributed by atoms with E-state index in [9.17, 15) is 4.39 Å². The Labute approximate surface area is 103 Å². The van der Waals surface area contributed by atoms with Crippen LogP contribution < -0.4 is 5.73 Å². The largest absolute Gasteiger partial charge is 0.329 e. The molecule has 1 saturated heterocycles. The zero-order valence-electron chi connectivity index (χ0n) is 10.4. The van der Waals surface area contributed by atoms with E-state index in [-0.39, 0.29) is 5.82 Å². The highest BCUT2D eigenvalue weighted by Gasteiger charge is 2.24. The minimum atomic E-state index is -0.170. The Hall–Kier alpha value is -0.930. The van der Waals surface area contributed by atoms with Crippen molar-refractivity contribution >= 4 is 0 Å². The second-order valence-electron chi connectivity index (χ2n) is 5.12. The van der Waals surface area contributed by atoms with E-state index in [0.29, 0.717) is 12.6 Å². The Morgan fingerprint density at radius 3 is 2.71 bits per heavy atom. The van der Waals surface area contributed by atoms with Gasteiger partial charge in [-0.1, -0.05) is 19.1 Å². The first-order chi connectivity index (χ1) is 8.19. The van der Waals surface area contributed by atoms with Gasteiger partial charge in [-0.05, 0) is 43.0 Å². The maximum Gasteiger partial charge on any atom is 0.123 e. The average molecular weight is 236 g/mol. The molecule has 0 radical (unpaired) electrons. The second kappa shape index (κ2) is 5.61. The monoisotopic (exact) mass is 236 g/mol. The van der Waals surface area contributed by atoms with E-state index in [4.69, 9.17) is 5.73 Å². The van der Waals surface area contributed by atoms with Crippen LogP contribution in [0.5, 0.6) is 0 Å². The minimum absolute atomic E-state index is 0.170. The van der Waals surface area contributed by atoms with Crippen molar-refractivity contribution in [1.29, 1.82) is 0 Å². The molecule has 0 bridgehead atoms. The third-order valence-electron chi connectivity index (χ3n) is 3.67. The molecule has 0 spiro atoms. The number of hydrogen-bond donors (Lipinski definition) is 1. The highest BCUT2D eigenvalue weighted by Crippen LogP contribution is 2.23. The quantitative estimate of drug-likeness (QED) is 0.873. The van der Waals surface area contributed by atoms with Crippen LogP contribution in [0.3, 0.4) is 0 Å². The predicted molar refractivity (Wildman–Crippen MR) is 68.1 cm³/mol. The van der Waals surface area contributed by atoms with Gasteiger partial charge in [0.1, 0.15) is 5.82 Å². The van der Waals surface area contributed by atoms with Gasteiger partial charge in [-0.15, -0.1) is 0 Å². The molecule has 1 aromatic carbocycles. The first kappa shape index (κ1) is 12.5. The molecule has 0 aliphatic carbocycles. The van der Waals surface area contributed by atoms with Gasteiger partial charge >= 0.3 is 0 Å². The smallest absolute Gasteiger partial charge is 0.123 e. The van der Waals surface area contributed by atoms with Gasteiger partial charge in [-0.2, -0.15) is 0 Å². The SMILES string of the molecule is CC1CCN(Cc2ccc(F)cc2)C(CN)C1. The molecule has 0 aromatic heterocycles. The van der Waals surface area contributed by atoms with Gasteiger partial charge < -0.3 is 5.73 Å². The fraction of sp³-hybridized carbons (Fsp3) is 0.571. The predicted octanol–water partition coefficient (Wildman–Crippen LogP) is 2.38. The highest BCUT2D eigenvalue weighted by molar-refractivity contribution is 5.16. The van der Waals surface area contributed by atoms with Crippen molar-refractivity contribution in [3.63, 3.8) is 0 Å². The lowest BCUT2D eigenvalue weighted by atomic mass is 9.92. The number of nitrogens with two attached hydrogens (primary N) is 1. The minimum Gasteiger partial charge on any atom is -0.329 e. The lowest BCUT2D eigenvalue weighted by molar-refractivity contribution is 0.115. The molecule has 2 rings (SSSR count). The van der Waals surface area contributed by atoms with Gasteiger partial charge in [0.15, 0.2) is 0 Å². The molecule has 1 heterocycles. The summed E-state index contributed by atoms with van der Waals surface area (Å²) in [5, 5.41) is 0. The standard InChI is InChI=1S/C14H21FN2/c1-11-6-7-17(14(8-11)9-16)10-12-2-4-13(15)5-3-12/h2-5,11,14H,6-10,16H2,1H3. The molecule has 17 heavy (non-hydrogen) atoms. The van der Waals surface area contributed by atoms with E-state index in [2.05, 4.69) is 11.8 Å². The van der Waals surface area contributed by atoms with Crippen molar-refractivity contribution < 1.29 is 4.39 Å². The number of benzene rings is 1. The number of nitrogens with zero attached hydrogens (tertiary/aromatic N) is 1. The Morgan fingerprint density at radius 2 is 2.06 bits per heavy atom. The molecule has 94 valence electrons. The van der Waals surface area contributed by atoms with Crippen LogP contribution in [0, 0.1) is 11.7 Å². The molecule has 0 saturated carbocycles. The summed E-state index contributed by atoms with van der Waals surface area (Å²) >= 11 is 0. The topological polar surface area (TPSA) is 29.3 Å². The van der Waals surface area contributed by atoms with Crippen molar-refractivity contribution in [3.05, 3.63) is 35.6 Å². The normalized spacial score (nSPS) is 26.1. The Morgan fingerprint density at radius 1 is 1.35 bits per heavy atom. The summed E-state index contributed by atoms with van der Waals surface area (Å²) in [6, 6.07) is 7.25. The summed E-state index contributed by atoms with van der Waals surface area (Å²) in [5.41, 5.74) is 7.00. The maximum absolute atomic E-state index is 12.8. The van der Waals surface area contributed by atoms with Crippen molar-refractivity contribution in [1.82, 2.24) is 4.90 Å². The molecular formula is C14H21FN2. The molecular weight excluding hydrogens is 215 g/mol. The molecule has 3 heteroatoms. The molecule has 2 atom stereocenters. The second-order valence-corrected chi connectivity index (χ2v) is 5.12. The van der Waals surface area contributed by atoms with Crippen LogP contribution in [0.15, 0.2) is 24.3 Å². The summed E-state index contributed by atoms with van der Waals surface area (Å²) in [5.74, 6) is 0.601. The van der Waals surface area contributed by atoms with Crippen LogP contribution in [0.1, 0.15) is 25.3 Å². The summed E-state index contributed by atoms with van der Waals surface area (Å²) in [7, 11) is 0. The molecule has 1 fully saturated rings.